The Hall–Kier alpha value is -2.84. The van der Waals surface area contributed by atoms with E-state index >= 15 is 0 Å². The summed E-state index contributed by atoms with van der Waals surface area (Å²) in [5.41, 5.74) is 2.03. The lowest BCUT2D eigenvalue weighted by molar-refractivity contribution is -0.138. The minimum absolute atomic E-state index is 0.0637. The van der Waals surface area contributed by atoms with Crippen molar-refractivity contribution in [2.45, 2.75) is 57.5 Å². The van der Waals surface area contributed by atoms with Crippen molar-refractivity contribution in [2.24, 2.45) is 5.92 Å². The van der Waals surface area contributed by atoms with Crippen LogP contribution in [0.1, 0.15) is 55.0 Å². The predicted molar refractivity (Wildman–Crippen MR) is 134 cm³/mol. The number of thiazole rings is 1. The lowest BCUT2D eigenvalue weighted by Gasteiger charge is -2.35. The van der Waals surface area contributed by atoms with Crippen LogP contribution >= 0.6 is 11.3 Å². The molecule has 1 saturated heterocycles. The summed E-state index contributed by atoms with van der Waals surface area (Å²) < 4.78 is 0. The predicted octanol–water partition coefficient (Wildman–Crippen LogP) is 4.91. The van der Waals surface area contributed by atoms with Gasteiger partial charge in [0.2, 0.25) is 5.91 Å². The molecule has 2 unspecified atom stereocenters. The van der Waals surface area contributed by atoms with Crippen molar-refractivity contribution in [3.63, 3.8) is 0 Å². The summed E-state index contributed by atoms with van der Waals surface area (Å²) in [4.78, 5) is 29.9. The lowest BCUT2D eigenvalue weighted by Crippen LogP contribution is -2.43. The summed E-state index contributed by atoms with van der Waals surface area (Å²) in [6.45, 7) is 3.39. The maximum atomic E-state index is 13.1. The van der Waals surface area contributed by atoms with Crippen LogP contribution in [0, 0.1) is 12.8 Å². The molecule has 1 aliphatic heterocycles. The fraction of sp³-hybridized carbons (Fsp3) is 0.462. The summed E-state index contributed by atoms with van der Waals surface area (Å²) >= 11 is 1.68. The largest absolute Gasteiger partial charge is 0.393 e. The monoisotopic (exact) mass is 477 g/mol. The van der Waals surface area contributed by atoms with Crippen LogP contribution in [0.3, 0.4) is 0 Å². The first-order valence-electron chi connectivity index (χ1n) is 12.1. The van der Waals surface area contributed by atoms with Crippen LogP contribution in [-0.4, -0.2) is 50.1 Å². The first kappa shape index (κ1) is 22.9. The quantitative estimate of drug-likeness (QED) is 0.543. The Labute approximate surface area is 204 Å². The van der Waals surface area contributed by atoms with Gasteiger partial charge in [-0.3, -0.25) is 4.79 Å². The zero-order chi connectivity index (χ0) is 23.5. The van der Waals surface area contributed by atoms with E-state index < -0.39 is 0 Å². The molecule has 3 aromatic heterocycles. The van der Waals surface area contributed by atoms with E-state index in [2.05, 4.69) is 10.3 Å². The maximum absolute atomic E-state index is 13.1. The number of aliphatic hydroxyl groups is 1. The molecule has 5 rings (SSSR count). The van der Waals surface area contributed by atoms with Crippen molar-refractivity contribution in [3.8, 4) is 10.6 Å². The van der Waals surface area contributed by atoms with E-state index in [0.717, 1.165) is 58.5 Å². The number of anilines is 2. The molecule has 0 spiro atoms. The number of hydrogen-bond acceptors (Lipinski definition) is 7. The van der Waals surface area contributed by atoms with Gasteiger partial charge in [0.05, 0.1) is 21.7 Å². The standard InChI is InChI=1S/C26H31N5O2S/c1-17-8-11-27-24(14-17)30-23-7-3-6-21(29-23)22-16-28-25(34-22)18-4-2-5-19(15-18)26(33)31-12-9-20(32)10-13-31/h3,6-8,11,14,16,18-20,32H,2,4-5,9-10,12-13,15H2,1H3,(H,27,29,30). The molecule has 1 saturated carbocycles. The Balaban J connectivity index is 1.26. The molecule has 2 N–H and O–H groups in total. The summed E-state index contributed by atoms with van der Waals surface area (Å²) in [6, 6.07) is 9.89. The van der Waals surface area contributed by atoms with Crippen molar-refractivity contribution >= 4 is 28.9 Å². The number of nitrogens with one attached hydrogen (secondary N) is 1. The Morgan fingerprint density at radius 2 is 1.97 bits per heavy atom. The van der Waals surface area contributed by atoms with Crippen molar-refractivity contribution in [3.05, 3.63) is 53.3 Å². The Morgan fingerprint density at radius 3 is 2.79 bits per heavy atom. The van der Waals surface area contributed by atoms with Gasteiger partial charge in [-0.05, 0) is 68.9 Å². The molecule has 1 aliphatic carbocycles. The Morgan fingerprint density at radius 1 is 1.12 bits per heavy atom. The third-order valence-corrected chi connectivity index (χ3v) is 8.03. The third-order valence-electron chi connectivity index (χ3n) is 6.85. The average Bonchev–Trinajstić information content (AvgIpc) is 3.35. The molecular weight excluding hydrogens is 446 g/mol. The Kier molecular flexibility index (Phi) is 6.87. The van der Waals surface area contributed by atoms with Gasteiger partial charge in [-0.1, -0.05) is 12.5 Å². The molecule has 34 heavy (non-hydrogen) atoms. The molecule has 7 nitrogen and oxygen atoms in total. The molecular formula is C26H31N5O2S. The van der Waals surface area contributed by atoms with Crippen molar-refractivity contribution in [1.29, 1.82) is 0 Å². The number of carbonyl (C=O) groups excluding carboxylic acids is 1. The van der Waals surface area contributed by atoms with Crippen LogP contribution in [0.2, 0.25) is 0 Å². The van der Waals surface area contributed by atoms with Gasteiger partial charge < -0.3 is 15.3 Å². The number of aryl methyl sites for hydroxylation is 1. The zero-order valence-corrected chi connectivity index (χ0v) is 20.3. The number of carbonyl (C=O) groups is 1. The number of aromatic nitrogens is 3. The van der Waals surface area contributed by atoms with Gasteiger partial charge in [0.15, 0.2) is 0 Å². The highest BCUT2D eigenvalue weighted by Crippen LogP contribution is 2.40. The highest BCUT2D eigenvalue weighted by Gasteiger charge is 2.33. The number of likely N-dealkylation sites (tertiary alicyclic amines) is 1. The number of piperidine rings is 1. The number of nitrogens with zero attached hydrogens (tertiary/aromatic N) is 4. The third kappa shape index (κ3) is 5.28. The minimum atomic E-state index is -0.257. The maximum Gasteiger partial charge on any atom is 0.225 e. The topological polar surface area (TPSA) is 91.2 Å². The molecule has 3 aromatic rings. The number of rotatable bonds is 5. The van der Waals surface area contributed by atoms with Crippen LogP contribution in [0.15, 0.2) is 42.7 Å². The van der Waals surface area contributed by atoms with Gasteiger partial charge in [-0.15, -0.1) is 11.3 Å². The van der Waals surface area contributed by atoms with Crippen LogP contribution in [0.5, 0.6) is 0 Å². The Bertz CT molecular complexity index is 1140. The van der Waals surface area contributed by atoms with Gasteiger partial charge in [0.25, 0.3) is 0 Å². The fourth-order valence-electron chi connectivity index (χ4n) is 4.95. The number of amides is 1. The lowest BCUT2D eigenvalue weighted by atomic mass is 9.80. The zero-order valence-electron chi connectivity index (χ0n) is 19.5. The highest BCUT2D eigenvalue weighted by molar-refractivity contribution is 7.15. The van der Waals surface area contributed by atoms with E-state index in [1.54, 1.807) is 17.5 Å². The second-order valence-electron chi connectivity index (χ2n) is 9.43. The molecule has 2 atom stereocenters. The second kappa shape index (κ2) is 10.2. The highest BCUT2D eigenvalue weighted by atomic mass is 32.1. The van der Waals surface area contributed by atoms with E-state index in [1.165, 1.54) is 0 Å². The normalized spacial score (nSPS) is 21.4. The second-order valence-corrected chi connectivity index (χ2v) is 10.5. The van der Waals surface area contributed by atoms with Gasteiger partial charge in [0, 0.05) is 37.3 Å². The minimum Gasteiger partial charge on any atom is -0.393 e. The van der Waals surface area contributed by atoms with Crippen molar-refractivity contribution in [1.82, 2.24) is 19.9 Å². The van der Waals surface area contributed by atoms with Crippen LogP contribution < -0.4 is 5.32 Å². The van der Waals surface area contributed by atoms with E-state index in [-0.39, 0.29) is 17.9 Å². The SMILES string of the molecule is Cc1ccnc(Nc2cccc(-c3cnc(C4CCCC(C(=O)N5CCC(O)CC5)C4)s3)n2)c1. The van der Waals surface area contributed by atoms with E-state index in [9.17, 15) is 9.90 Å². The van der Waals surface area contributed by atoms with Crippen molar-refractivity contribution in [2.75, 3.05) is 18.4 Å². The summed E-state index contributed by atoms with van der Waals surface area (Å²) in [7, 11) is 0. The van der Waals surface area contributed by atoms with E-state index in [4.69, 9.17) is 9.97 Å². The number of hydrogen-bond donors (Lipinski definition) is 2. The van der Waals surface area contributed by atoms with Gasteiger partial charge in [-0.2, -0.15) is 0 Å². The van der Waals surface area contributed by atoms with Gasteiger partial charge >= 0.3 is 0 Å². The number of pyridine rings is 2. The summed E-state index contributed by atoms with van der Waals surface area (Å²) in [6.07, 6.45) is 8.76. The molecule has 4 heterocycles. The van der Waals surface area contributed by atoms with Crippen LogP contribution in [-0.2, 0) is 4.79 Å². The van der Waals surface area contributed by atoms with Crippen molar-refractivity contribution < 1.29 is 9.90 Å². The van der Waals surface area contributed by atoms with Gasteiger partial charge in [0.1, 0.15) is 11.6 Å². The molecule has 0 bridgehead atoms. The molecule has 8 heteroatoms. The van der Waals surface area contributed by atoms with Gasteiger partial charge in [-0.25, -0.2) is 15.0 Å². The van der Waals surface area contributed by atoms with Crippen LogP contribution in [0.25, 0.3) is 10.6 Å². The van der Waals surface area contributed by atoms with E-state index in [0.29, 0.717) is 31.8 Å². The smallest absolute Gasteiger partial charge is 0.225 e. The molecule has 1 amide bonds. The van der Waals surface area contributed by atoms with E-state index in [1.807, 2.05) is 48.4 Å². The fourth-order valence-corrected chi connectivity index (χ4v) is 5.99. The molecule has 2 fully saturated rings. The first-order chi connectivity index (χ1) is 16.5. The average molecular weight is 478 g/mol. The first-order valence-corrected chi connectivity index (χ1v) is 13.0. The molecule has 0 radical (unpaired) electrons. The molecule has 2 aliphatic rings. The molecule has 178 valence electrons. The summed E-state index contributed by atoms with van der Waals surface area (Å²) in [5.74, 6) is 2.17. The summed E-state index contributed by atoms with van der Waals surface area (Å²) in [5, 5.41) is 14.1. The number of aliphatic hydroxyl groups excluding tert-OH is 1. The molecule has 0 aromatic carbocycles. The van der Waals surface area contributed by atoms with Crippen LogP contribution in [0.4, 0.5) is 11.6 Å².